The Morgan fingerprint density at radius 1 is 1.40 bits per heavy atom. The standard InChI is InChI=1S/C12H15ClN4O2S/c13-10-2-1-9(20-10)12-15-11(16-19-12)8(14)7-17-3-5-18-6-4-17/h1-2,8H,3-7,14H2. The van der Waals surface area contributed by atoms with Crippen molar-refractivity contribution in [1.29, 1.82) is 0 Å². The molecule has 0 radical (unpaired) electrons. The molecule has 2 N–H and O–H groups in total. The van der Waals surface area contributed by atoms with Gasteiger partial charge in [0.25, 0.3) is 5.89 Å². The molecule has 0 spiro atoms. The molecule has 8 heteroatoms. The predicted octanol–water partition coefficient (Wildman–Crippen LogP) is 1.78. The van der Waals surface area contributed by atoms with Gasteiger partial charge >= 0.3 is 0 Å². The first-order chi connectivity index (χ1) is 9.72. The Morgan fingerprint density at radius 2 is 2.20 bits per heavy atom. The van der Waals surface area contributed by atoms with Crippen LogP contribution in [0.1, 0.15) is 11.9 Å². The Morgan fingerprint density at radius 3 is 2.90 bits per heavy atom. The topological polar surface area (TPSA) is 77.4 Å². The zero-order valence-electron chi connectivity index (χ0n) is 10.8. The van der Waals surface area contributed by atoms with E-state index in [1.54, 1.807) is 6.07 Å². The Labute approximate surface area is 125 Å². The summed E-state index contributed by atoms with van der Waals surface area (Å²) < 4.78 is 11.2. The zero-order valence-corrected chi connectivity index (χ0v) is 12.4. The first kappa shape index (κ1) is 14.0. The van der Waals surface area contributed by atoms with Gasteiger partial charge in [0.15, 0.2) is 5.82 Å². The molecule has 1 unspecified atom stereocenters. The molecule has 1 aliphatic rings. The van der Waals surface area contributed by atoms with Crippen molar-refractivity contribution < 1.29 is 9.26 Å². The van der Waals surface area contributed by atoms with Crippen molar-refractivity contribution in [2.75, 3.05) is 32.8 Å². The van der Waals surface area contributed by atoms with E-state index in [9.17, 15) is 0 Å². The van der Waals surface area contributed by atoms with Crippen LogP contribution in [-0.2, 0) is 4.74 Å². The number of nitrogens with zero attached hydrogens (tertiary/aromatic N) is 3. The summed E-state index contributed by atoms with van der Waals surface area (Å²) in [6.07, 6.45) is 0. The molecule has 1 fully saturated rings. The van der Waals surface area contributed by atoms with Gasteiger partial charge in [-0.3, -0.25) is 4.90 Å². The summed E-state index contributed by atoms with van der Waals surface area (Å²) >= 11 is 7.30. The number of hydrogen-bond acceptors (Lipinski definition) is 7. The van der Waals surface area contributed by atoms with Gasteiger partial charge in [0.1, 0.15) is 0 Å². The lowest BCUT2D eigenvalue weighted by molar-refractivity contribution is 0.0348. The Hall–Kier alpha value is -0.990. The lowest BCUT2D eigenvalue weighted by atomic mass is 10.2. The largest absolute Gasteiger partial charge is 0.379 e. The third kappa shape index (κ3) is 3.18. The van der Waals surface area contributed by atoms with Crippen LogP contribution in [-0.4, -0.2) is 47.9 Å². The molecule has 2 aromatic heterocycles. The SMILES string of the molecule is NC(CN1CCOCC1)c1noc(-c2ccc(Cl)s2)n1. The minimum absolute atomic E-state index is 0.263. The molecule has 1 saturated heterocycles. The Bertz CT molecular complexity index is 567. The third-order valence-corrected chi connectivity index (χ3v) is 4.34. The highest BCUT2D eigenvalue weighted by atomic mass is 35.5. The minimum atomic E-state index is -0.263. The number of ether oxygens (including phenoxy) is 1. The molecular formula is C12H15ClN4O2S. The summed E-state index contributed by atoms with van der Waals surface area (Å²) in [6, 6.07) is 3.40. The van der Waals surface area contributed by atoms with E-state index >= 15 is 0 Å². The van der Waals surface area contributed by atoms with Crippen LogP contribution >= 0.6 is 22.9 Å². The van der Waals surface area contributed by atoms with Gasteiger partial charge in [-0.1, -0.05) is 16.8 Å². The van der Waals surface area contributed by atoms with E-state index in [0.717, 1.165) is 31.2 Å². The number of nitrogens with two attached hydrogens (primary N) is 1. The van der Waals surface area contributed by atoms with Crippen molar-refractivity contribution in [3.8, 4) is 10.8 Å². The fourth-order valence-electron chi connectivity index (χ4n) is 2.06. The van der Waals surface area contributed by atoms with Crippen LogP contribution in [0.3, 0.4) is 0 Å². The molecule has 108 valence electrons. The highest BCUT2D eigenvalue weighted by Crippen LogP contribution is 2.30. The van der Waals surface area contributed by atoms with Gasteiger partial charge < -0.3 is 15.0 Å². The van der Waals surface area contributed by atoms with Crippen molar-refractivity contribution in [3.05, 3.63) is 22.3 Å². The van der Waals surface area contributed by atoms with Crippen molar-refractivity contribution in [2.24, 2.45) is 5.73 Å². The second-order valence-electron chi connectivity index (χ2n) is 4.58. The third-order valence-electron chi connectivity index (χ3n) is 3.12. The molecule has 6 nitrogen and oxygen atoms in total. The summed E-state index contributed by atoms with van der Waals surface area (Å²) in [4.78, 5) is 7.45. The van der Waals surface area contributed by atoms with Gasteiger partial charge in [-0.05, 0) is 12.1 Å². The lowest BCUT2D eigenvalue weighted by Gasteiger charge is -2.27. The van der Waals surface area contributed by atoms with E-state index in [-0.39, 0.29) is 6.04 Å². The highest BCUT2D eigenvalue weighted by Gasteiger charge is 2.20. The molecule has 1 atom stereocenters. The van der Waals surface area contributed by atoms with Crippen molar-refractivity contribution in [2.45, 2.75) is 6.04 Å². The van der Waals surface area contributed by atoms with E-state index < -0.39 is 0 Å². The molecule has 2 aromatic rings. The number of thiophene rings is 1. The summed E-state index contributed by atoms with van der Waals surface area (Å²) in [5.41, 5.74) is 6.13. The van der Waals surface area contributed by atoms with E-state index in [2.05, 4.69) is 15.0 Å². The van der Waals surface area contributed by atoms with Crippen LogP contribution < -0.4 is 5.73 Å². The number of aromatic nitrogens is 2. The maximum Gasteiger partial charge on any atom is 0.268 e. The van der Waals surface area contributed by atoms with E-state index in [0.29, 0.717) is 22.6 Å². The summed E-state index contributed by atoms with van der Waals surface area (Å²) in [7, 11) is 0. The second kappa shape index (κ2) is 6.19. The van der Waals surface area contributed by atoms with Gasteiger partial charge in [0.2, 0.25) is 0 Å². The number of morpholine rings is 1. The van der Waals surface area contributed by atoms with Gasteiger partial charge in [-0.2, -0.15) is 4.98 Å². The maximum atomic E-state index is 6.13. The van der Waals surface area contributed by atoms with E-state index in [1.807, 2.05) is 6.07 Å². The van der Waals surface area contributed by atoms with Gasteiger partial charge in [-0.25, -0.2) is 0 Å². The molecular weight excluding hydrogens is 300 g/mol. The molecule has 20 heavy (non-hydrogen) atoms. The molecule has 0 aliphatic carbocycles. The van der Waals surface area contributed by atoms with Crippen LogP contribution in [0.2, 0.25) is 4.34 Å². The molecule has 0 bridgehead atoms. The summed E-state index contributed by atoms with van der Waals surface area (Å²) in [6.45, 7) is 3.97. The average molecular weight is 315 g/mol. The van der Waals surface area contributed by atoms with Crippen LogP contribution in [0.15, 0.2) is 16.7 Å². The quantitative estimate of drug-likeness (QED) is 0.927. The van der Waals surface area contributed by atoms with Crippen LogP contribution in [0.5, 0.6) is 0 Å². The van der Waals surface area contributed by atoms with Crippen molar-refractivity contribution >= 4 is 22.9 Å². The monoisotopic (exact) mass is 314 g/mol. The van der Waals surface area contributed by atoms with Crippen LogP contribution in [0.4, 0.5) is 0 Å². The van der Waals surface area contributed by atoms with E-state index in [4.69, 9.17) is 26.6 Å². The number of hydrogen-bond donors (Lipinski definition) is 1. The van der Waals surface area contributed by atoms with E-state index in [1.165, 1.54) is 11.3 Å². The second-order valence-corrected chi connectivity index (χ2v) is 6.30. The lowest BCUT2D eigenvalue weighted by Crippen LogP contribution is -2.40. The van der Waals surface area contributed by atoms with Gasteiger partial charge in [0, 0.05) is 19.6 Å². The Balaban J connectivity index is 1.66. The minimum Gasteiger partial charge on any atom is -0.379 e. The maximum absolute atomic E-state index is 6.13. The fourth-order valence-corrected chi connectivity index (χ4v) is 3.02. The molecule has 0 aromatic carbocycles. The van der Waals surface area contributed by atoms with Crippen LogP contribution in [0, 0.1) is 0 Å². The normalized spacial score (nSPS) is 18.3. The predicted molar refractivity (Wildman–Crippen MR) is 76.8 cm³/mol. The van der Waals surface area contributed by atoms with Crippen molar-refractivity contribution in [3.63, 3.8) is 0 Å². The first-order valence-electron chi connectivity index (χ1n) is 6.37. The zero-order chi connectivity index (χ0) is 13.9. The molecule has 1 aliphatic heterocycles. The van der Waals surface area contributed by atoms with Crippen molar-refractivity contribution in [1.82, 2.24) is 15.0 Å². The molecule has 3 heterocycles. The number of rotatable bonds is 4. The van der Waals surface area contributed by atoms with Crippen LogP contribution in [0.25, 0.3) is 10.8 Å². The van der Waals surface area contributed by atoms with Gasteiger partial charge in [0.05, 0.1) is 28.5 Å². The summed E-state index contributed by atoms with van der Waals surface area (Å²) in [5.74, 6) is 0.991. The van der Waals surface area contributed by atoms with Gasteiger partial charge in [-0.15, -0.1) is 11.3 Å². The Kier molecular flexibility index (Phi) is 4.32. The molecule has 0 amide bonds. The molecule has 3 rings (SSSR count). The number of halogens is 1. The fraction of sp³-hybridized carbons (Fsp3) is 0.500. The highest BCUT2D eigenvalue weighted by molar-refractivity contribution is 7.19. The summed E-state index contributed by atoms with van der Waals surface area (Å²) in [5, 5.41) is 3.96. The first-order valence-corrected chi connectivity index (χ1v) is 7.57. The molecule has 0 saturated carbocycles. The average Bonchev–Trinajstić information content (AvgIpc) is 3.08. The smallest absolute Gasteiger partial charge is 0.268 e.